The topological polar surface area (TPSA) is 43.7 Å². The molecule has 0 aliphatic carbocycles. The Morgan fingerprint density at radius 3 is 2.40 bits per heavy atom. The van der Waals surface area contributed by atoms with E-state index >= 15 is 0 Å². The molecule has 0 spiro atoms. The van der Waals surface area contributed by atoms with Crippen LogP contribution in [0.3, 0.4) is 0 Å². The summed E-state index contributed by atoms with van der Waals surface area (Å²) in [5.74, 6) is 0.293. The van der Waals surface area contributed by atoms with Crippen molar-refractivity contribution < 1.29 is 10.2 Å². The van der Waals surface area contributed by atoms with Gasteiger partial charge in [0.25, 0.3) is 0 Å². The van der Waals surface area contributed by atoms with Crippen LogP contribution in [0.1, 0.15) is 47.6 Å². The Kier molecular flexibility index (Phi) is 6.84. The zero-order valence-corrected chi connectivity index (χ0v) is 18.5. The first-order valence-corrected chi connectivity index (χ1v) is 11.7. The highest BCUT2D eigenvalue weighted by Gasteiger charge is 2.16. The molecule has 1 aliphatic heterocycles. The highest BCUT2D eigenvalue weighted by atomic mass is 31.1. The third-order valence-electron chi connectivity index (χ3n) is 5.82. The monoisotopic (exact) mass is 419 g/mol. The van der Waals surface area contributed by atoms with Crippen molar-refractivity contribution in [2.45, 2.75) is 38.8 Å². The van der Waals surface area contributed by atoms with Gasteiger partial charge in [0.05, 0.1) is 0 Å². The molecule has 1 heterocycles. The number of benzene rings is 3. The minimum Gasteiger partial charge on any atom is -0.507 e. The first-order valence-electron chi connectivity index (χ1n) is 10.7. The average Bonchev–Trinajstić information content (AvgIpc) is 2.78. The van der Waals surface area contributed by atoms with Gasteiger partial charge in [-0.3, -0.25) is 4.90 Å². The summed E-state index contributed by atoms with van der Waals surface area (Å²) in [4.78, 5) is 2.54. The van der Waals surface area contributed by atoms with Gasteiger partial charge in [0, 0.05) is 11.8 Å². The highest BCUT2D eigenvalue weighted by molar-refractivity contribution is 7.55. The molecular formula is C26H30NO2P. The number of aryl methyl sites for hydroxylation is 1. The molecular weight excluding hydrogens is 389 g/mol. The van der Waals surface area contributed by atoms with Crippen molar-refractivity contribution in [3.8, 4) is 5.75 Å². The molecule has 1 aliphatic rings. The fraction of sp³-hybridized carbons (Fsp3) is 0.308. The number of rotatable bonds is 6. The van der Waals surface area contributed by atoms with E-state index in [2.05, 4.69) is 30.0 Å². The van der Waals surface area contributed by atoms with Crippen molar-refractivity contribution in [1.29, 1.82) is 0 Å². The van der Waals surface area contributed by atoms with E-state index in [4.69, 9.17) is 0 Å². The number of aliphatic hydroxyl groups is 1. The fourth-order valence-corrected chi connectivity index (χ4v) is 5.35. The van der Waals surface area contributed by atoms with Crippen LogP contribution < -0.4 is 10.6 Å². The first-order chi connectivity index (χ1) is 14.6. The molecule has 4 heteroatoms. The van der Waals surface area contributed by atoms with E-state index in [0.717, 1.165) is 23.0 Å². The van der Waals surface area contributed by atoms with E-state index in [1.54, 1.807) is 6.07 Å². The van der Waals surface area contributed by atoms with Crippen LogP contribution >= 0.6 is 8.58 Å². The minimum absolute atomic E-state index is 0.293. The maximum atomic E-state index is 10.8. The van der Waals surface area contributed by atoms with Gasteiger partial charge in [0.2, 0.25) is 0 Å². The Hall–Kier alpha value is -2.19. The third kappa shape index (κ3) is 5.10. The quantitative estimate of drug-likeness (QED) is 0.582. The van der Waals surface area contributed by atoms with E-state index in [1.807, 2.05) is 42.5 Å². The van der Waals surface area contributed by atoms with E-state index in [0.29, 0.717) is 14.3 Å². The lowest BCUT2D eigenvalue weighted by Gasteiger charge is -2.27. The number of piperidine rings is 1. The molecule has 2 atom stereocenters. The minimum atomic E-state index is -0.693. The van der Waals surface area contributed by atoms with Crippen LogP contribution in [0.15, 0.2) is 66.7 Å². The van der Waals surface area contributed by atoms with Gasteiger partial charge in [-0.15, -0.1) is 0 Å². The lowest BCUT2D eigenvalue weighted by atomic mass is 10.0. The number of nitrogens with zero attached hydrogens (tertiary/aromatic N) is 1. The second-order valence-corrected chi connectivity index (χ2v) is 9.54. The van der Waals surface area contributed by atoms with E-state index in [-0.39, 0.29) is 0 Å². The molecule has 4 rings (SSSR count). The zero-order valence-electron chi connectivity index (χ0n) is 17.5. The number of aromatic hydroxyl groups is 1. The second kappa shape index (κ2) is 9.75. The normalized spacial score (nSPS) is 16.2. The largest absolute Gasteiger partial charge is 0.507 e. The maximum absolute atomic E-state index is 10.8. The number of hydrogen-bond donors (Lipinski definition) is 2. The summed E-state index contributed by atoms with van der Waals surface area (Å²) in [5, 5.41) is 23.5. The SMILES string of the molecule is Cc1ccc(Pc2cc(C(O)c3ccccc3)ccc2O)c(CN2CCCCC2)c1. The Labute approximate surface area is 181 Å². The van der Waals surface area contributed by atoms with Crippen LogP contribution in [-0.4, -0.2) is 28.2 Å². The van der Waals surface area contributed by atoms with Crippen molar-refractivity contribution in [2.75, 3.05) is 13.1 Å². The van der Waals surface area contributed by atoms with Crippen LogP contribution in [0.4, 0.5) is 0 Å². The van der Waals surface area contributed by atoms with Gasteiger partial charge < -0.3 is 10.2 Å². The molecule has 30 heavy (non-hydrogen) atoms. The second-order valence-electron chi connectivity index (χ2n) is 8.21. The smallest absolute Gasteiger partial charge is 0.123 e. The molecule has 0 aromatic heterocycles. The van der Waals surface area contributed by atoms with Crippen LogP contribution in [0.25, 0.3) is 0 Å². The van der Waals surface area contributed by atoms with Crippen LogP contribution in [0.5, 0.6) is 5.75 Å². The molecule has 3 aromatic carbocycles. The van der Waals surface area contributed by atoms with Gasteiger partial charge in [-0.2, -0.15) is 0 Å². The molecule has 0 radical (unpaired) electrons. The van der Waals surface area contributed by atoms with Gasteiger partial charge in [-0.1, -0.05) is 75.2 Å². The summed E-state index contributed by atoms with van der Waals surface area (Å²) in [6, 6.07) is 21.8. The molecule has 1 fully saturated rings. The molecule has 3 nitrogen and oxygen atoms in total. The molecule has 0 bridgehead atoms. The van der Waals surface area contributed by atoms with Crippen molar-refractivity contribution in [2.24, 2.45) is 0 Å². The third-order valence-corrected chi connectivity index (χ3v) is 7.25. The van der Waals surface area contributed by atoms with Crippen molar-refractivity contribution in [3.63, 3.8) is 0 Å². The average molecular weight is 420 g/mol. The first kappa shape index (κ1) is 21.1. The predicted octanol–water partition coefficient (Wildman–Crippen LogP) is 4.40. The van der Waals surface area contributed by atoms with E-state index in [9.17, 15) is 10.2 Å². The van der Waals surface area contributed by atoms with Gasteiger partial charge in [0.1, 0.15) is 11.9 Å². The molecule has 2 unspecified atom stereocenters. The molecule has 156 valence electrons. The maximum Gasteiger partial charge on any atom is 0.123 e. The fourth-order valence-electron chi connectivity index (χ4n) is 4.13. The summed E-state index contributed by atoms with van der Waals surface area (Å²) < 4.78 is 0. The number of likely N-dealkylation sites (tertiary alicyclic amines) is 1. The van der Waals surface area contributed by atoms with Gasteiger partial charge in [0.15, 0.2) is 0 Å². The number of phenols is 1. The number of hydrogen-bond acceptors (Lipinski definition) is 3. The summed E-state index contributed by atoms with van der Waals surface area (Å²) in [6.07, 6.45) is 3.21. The van der Waals surface area contributed by atoms with Crippen molar-refractivity contribution >= 4 is 19.2 Å². The lowest BCUT2D eigenvalue weighted by Crippen LogP contribution is -2.30. The van der Waals surface area contributed by atoms with E-state index < -0.39 is 6.10 Å². The van der Waals surface area contributed by atoms with Crippen LogP contribution in [0.2, 0.25) is 0 Å². The number of aliphatic hydroxyl groups excluding tert-OH is 1. The van der Waals surface area contributed by atoms with E-state index in [1.165, 1.54) is 48.8 Å². The van der Waals surface area contributed by atoms with Crippen molar-refractivity contribution in [1.82, 2.24) is 4.90 Å². The molecule has 0 saturated carbocycles. The molecule has 0 amide bonds. The van der Waals surface area contributed by atoms with Gasteiger partial charge >= 0.3 is 0 Å². The summed E-state index contributed by atoms with van der Waals surface area (Å²) >= 11 is 0. The Bertz CT molecular complexity index is 984. The highest BCUT2D eigenvalue weighted by Crippen LogP contribution is 2.27. The summed E-state index contributed by atoms with van der Waals surface area (Å²) in [7, 11) is 0.351. The van der Waals surface area contributed by atoms with Crippen LogP contribution in [0, 0.1) is 6.92 Å². The Balaban J connectivity index is 1.59. The predicted molar refractivity (Wildman–Crippen MR) is 127 cm³/mol. The Morgan fingerprint density at radius 2 is 1.63 bits per heavy atom. The summed E-state index contributed by atoms with van der Waals surface area (Å²) in [6.45, 7) is 5.44. The molecule has 3 aromatic rings. The summed E-state index contributed by atoms with van der Waals surface area (Å²) in [5.41, 5.74) is 4.29. The van der Waals surface area contributed by atoms with Crippen LogP contribution in [-0.2, 0) is 6.54 Å². The lowest BCUT2D eigenvalue weighted by molar-refractivity contribution is 0.220. The Morgan fingerprint density at radius 1 is 0.867 bits per heavy atom. The standard InChI is InChI=1S/C26H30NO2P/c1-19-10-13-24(22(16-19)18-27-14-6-3-7-15-27)30-25-17-21(11-12-23(25)28)26(29)20-8-4-2-5-9-20/h2,4-5,8-13,16-17,26,28-30H,3,6-7,14-15,18H2,1H3. The molecule has 2 N–H and O–H groups in total. The zero-order chi connectivity index (χ0) is 20.9. The molecule has 1 saturated heterocycles. The van der Waals surface area contributed by atoms with Gasteiger partial charge in [-0.25, -0.2) is 0 Å². The number of phenolic OH excluding ortho intramolecular Hbond substituents is 1. The van der Waals surface area contributed by atoms with Crippen molar-refractivity contribution in [3.05, 3.63) is 89.0 Å². The van der Waals surface area contributed by atoms with Gasteiger partial charge in [-0.05, 0) is 67.0 Å².